The highest BCUT2D eigenvalue weighted by Gasteiger charge is 2.02. The second-order valence-corrected chi connectivity index (χ2v) is 5.40. The normalized spacial score (nSPS) is 10.7. The van der Waals surface area contributed by atoms with Crippen LogP contribution in [0, 0.1) is 13.8 Å². The lowest BCUT2D eigenvalue weighted by Crippen LogP contribution is -2.24. The molecule has 114 valence electrons. The van der Waals surface area contributed by atoms with Crippen molar-refractivity contribution in [2.24, 2.45) is 5.10 Å². The summed E-state index contributed by atoms with van der Waals surface area (Å²) in [7, 11) is 0. The molecule has 0 aliphatic rings. The molecule has 0 spiro atoms. The average Bonchev–Trinajstić information content (AvgIpc) is 2.44. The molecule has 2 aromatic carbocycles. The standard InChI is InChI=1S/C17H17ClN2O2/c1-12-6-13(2)8-16(7-12)22-11-17(21)20-19-10-14-4-3-5-15(18)9-14/h3-10H,11H2,1-2H3,(H,20,21). The number of amides is 1. The molecule has 0 fully saturated rings. The lowest BCUT2D eigenvalue weighted by atomic mass is 10.1. The van der Waals surface area contributed by atoms with Gasteiger partial charge in [-0.25, -0.2) is 5.43 Å². The minimum atomic E-state index is -0.322. The molecule has 2 rings (SSSR count). The van der Waals surface area contributed by atoms with Crippen molar-refractivity contribution < 1.29 is 9.53 Å². The van der Waals surface area contributed by atoms with Crippen LogP contribution >= 0.6 is 11.6 Å². The Kier molecular flexibility index (Phi) is 5.55. The van der Waals surface area contributed by atoms with Crippen LogP contribution in [-0.4, -0.2) is 18.7 Å². The molecular weight excluding hydrogens is 300 g/mol. The Balaban J connectivity index is 1.83. The van der Waals surface area contributed by atoms with E-state index in [1.807, 2.05) is 44.2 Å². The van der Waals surface area contributed by atoms with Crippen molar-refractivity contribution in [1.29, 1.82) is 0 Å². The first-order chi connectivity index (χ1) is 10.5. The Labute approximate surface area is 134 Å². The smallest absolute Gasteiger partial charge is 0.277 e. The summed E-state index contributed by atoms with van der Waals surface area (Å²) in [6.07, 6.45) is 1.53. The fourth-order valence-corrected chi connectivity index (χ4v) is 2.16. The highest BCUT2D eigenvalue weighted by Crippen LogP contribution is 2.15. The zero-order valence-electron chi connectivity index (χ0n) is 12.5. The first-order valence-electron chi connectivity index (χ1n) is 6.81. The molecule has 1 N–H and O–H groups in total. The lowest BCUT2D eigenvalue weighted by molar-refractivity contribution is -0.123. The fraction of sp³-hybridized carbons (Fsp3) is 0.176. The minimum Gasteiger partial charge on any atom is -0.484 e. The third-order valence-corrected chi connectivity index (χ3v) is 3.05. The van der Waals surface area contributed by atoms with Crippen molar-refractivity contribution in [3.8, 4) is 5.75 Å². The van der Waals surface area contributed by atoms with Gasteiger partial charge in [0.2, 0.25) is 0 Å². The monoisotopic (exact) mass is 316 g/mol. The van der Waals surface area contributed by atoms with Crippen LogP contribution in [0.4, 0.5) is 0 Å². The van der Waals surface area contributed by atoms with Crippen molar-refractivity contribution in [3.63, 3.8) is 0 Å². The number of nitrogens with zero attached hydrogens (tertiary/aromatic N) is 1. The summed E-state index contributed by atoms with van der Waals surface area (Å²) in [6, 6.07) is 13.0. The lowest BCUT2D eigenvalue weighted by Gasteiger charge is -2.07. The second-order valence-electron chi connectivity index (χ2n) is 4.96. The van der Waals surface area contributed by atoms with Gasteiger partial charge in [-0.3, -0.25) is 4.79 Å². The predicted octanol–water partition coefficient (Wildman–Crippen LogP) is 3.49. The Morgan fingerprint density at radius 2 is 1.95 bits per heavy atom. The average molecular weight is 317 g/mol. The molecule has 0 aromatic heterocycles. The molecule has 0 heterocycles. The molecule has 0 unspecified atom stereocenters. The molecule has 2 aromatic rings. The molecular formula is C17H17ClN2O2. The van der Waals surface area contributed by atoms with E-state index in [4.69, 9.17) is 16.3 Å². The van der Waals surface area contributed by atoms with Gasteiger partial charge in [0.05, 0.1) is 6.21 Å². The van der Waals surface area contributed by atoms with E-state index in [9.17, 15) is 4.79 Å². The number of benzene rings is 2. The summed E-state index contributed by atoms with van der Waals surface area (Å²) in [5.41, 5.74) is 5.40. The van der Waals surface area contributed by atoms with Gasteiger partial charge in [0, 0.05) is 5.02 Å². The molecule has 0 saturated heterocycles. The zero-order valence-corrected chi connectivity index (χ0v) is 13.2. The largest absolute Gasteiger partial charge is 0.484 e. The van der Waals surface area contributed by atoms with E-state index in [1.54, 1.807) is 12.1 Å². The number of nitrogens with one attached hydrogen (secondary N) is 1. The van der Waals surface area contributed by atoms with Crippen molar-refractivity contribution in [1.82, 2.24) is 5.43 Å². The van der Waals surface area contributed by atoms with Gasteiger partial charge >= 0.3 is 0 Å². The highest BCUT2D eigenvalue weighted by atomic mass is 35.5. The van der Waals surface area contributed by atoms with Crippen LogP contribution in [-0.2, 0) is 4.79 Å². The number of hydrazone groups is 1. The molecule has 0 aliphatic heterocycles. The summed E-state index contributed by atoms with van der Waals surface area (Å²) >= 11 is 5.86. The molecule has 22 heavy (non-hydrogen) atoms. The fourth-order valence-electron chi connectivity index (χ4n) is 1.96. The molecule has 0 bridgehead atoms. The number of hydrogen-bond donors (Lipinski definition) is 1. The van der Waals surface area contributed by atoms with Crippen LogP contribution in [0.15, 0.2) is 47.6 Å². The quantitative estimate of drug-likeness (QED) is 0.678. The maximum atomic E-state index is 11.7. The van der Waals surface area contributed by atoms with Gasteiger partial charge in [0.1, 0.15) is 5.75 Å². The molecule has 4 nitrogen and oxygen atoms in total. The van der Waals surface area contributed by atoms with E-state index >= 15 is 0 Å². The first-order valence-corrected chi connectivity index (χ1v) is 7.19. The predicted molar refractivity (Wildman–Crippen MR) is 88.6 cm³/mol. The van der Waals surface area contributed by atoms with Crippen LogP contribution in [0.1, 0.15) is 16.7 Å². The van der Waals surface area contributed by atoms with Crippen molar-refractivity contribution in [3.05, 3.63) is 64.2 Å². The summed E-state index contributed by atoms with van der Waals surface area (Å²) in [4.78, 5) is 11.7. The molecule has 0 radical (unpaired) electrons. The Hall–Kier alpha value is -2.33. The van der Waals surface area contributed by atoms with Crippen molar-refractivity contribution in [2.75, 3.05) is 6.61 Å². The van der Waals surface area contributed by atoms with Gasteiger partial charge in [-0.1, -0.05) is 29.8 Å². The number of carbonyl (C=O) groups excluding carboxylic acids is 1. The maximum Gasteiger partial charge on any atom is 0.277 e. The van der Waals surface area contributed by atoms with Crippen LogP contribution in [0.5, 0.6) is 5.75 Å². The summed E-state index contributed by atoms with van der Waals surface area (Å²) < 4.78 is 5.44. The van der Waals surface area contributed by atoms with Gasteiger partial charge in [-0.2, -0.15) is 5.10 Å². The van der Waals surface area contributed by atoms with Crippen LogP contribution in [0.3, 0.4) is 0 Å². The Morgan fingerprint density at radius 3 is 2.64 bits per heavy atom. The second kappa shape index (κ2) is 7.61. The SMILES string of the molecule is Cc1cc(C)cc(OCC(=O)NN=Cc2cccc(Cl)c2)c1. The summed E-state index contributed by atoms with van der Waals surface area (Å²) in [5, 5.41) is 4.49. The zero-order chi connectivity index (χ0) is 15.9. The van der Waals surface area contributed by atoms with Gasteiger partial charge < -0.3 is 4.74 Å². The highest BCUT2D eigenvalue weighted by molar-refractivity contribution is 6.30. The van der Waals surface area contributed by atoms with Gasteiger partial charge in [-0.15, -0.1) is 0 Å². The number of aryl methyl sites for hydroxylation is 2. The van der Waals surface area contributed by atoms with Gasteiger partial charge in [0.15, 0.2) is 6.61 Å². The maximum absolute atomic E-state index is 11.7. The third-order valence-electron chi connectivity index (χ3n) is 2.82. The van der Waals surface area contributed by atoms with Crippen LogP contribution < -0.4 is 10.2 Å². The Bertz CT molecular complexity index is 679. The topological polar surface area (TPSA) is 50.7 Å². The summed E-state index contributed by atoms with van der Waals surface area (Å²) in [5.74, 6) is 0.351. The van der Waals surface area contributed by atoms with Crippen LogP contribution in [0.2, 0.25) is 5.02 Å². The van der Waals surface area contributed by atoms with E-state index in [0.29, 0.717) is 10.8 Å². The number of carbonyl (C=O) groups is 1. The van der Waals surface area contributed by atoms with Gasteiger partial charge in [-0.05, 0) is 54.8 Å². The van der Waals surface area contributed by atoms with E-state index < -0.39 is 0 Å². The van der Waals surface area contributed by atoms with E-state index in [2.05, 4.69) is 10.5 Å². The van der Waals surface area contributed by atoms with Gasteiger partial charge in [0.25, 0.3) is 5.91 Å². The number of halogens is 1. The molecule has 5 heteroatoms. The molecule has 1 amide bonds. The van der Waals surface area contributed by atoms with E-state index in [0.717, 1.165) is 16.7 Å². The van der Waals surface area contributed by atoms with E-state index in [-0.39, 0.29) is 12.5 Å². The molecule has 0 aliphatic carbocycles. The molecule has 0 saturated carbocycles. The summed E-state index contributed by atoms with van der Waals surface area (Å²) in [6.45, 7) is 3.88. The minimum absolute atomic E-state index is 0.0875. The van der Waals surface area contributed by atoms with Crippen molar-refractivity contribution in [2.45, 2.75) is 13.8 Å². The van der Waals surface area contributed by atoms with Crippen LogP contribution in [0.25, 0.3) is 0 Å². The first kappa shape index (κ1) is 16.0. The molecule has 0 atom stereocenters. The Morgan fingerprint density at radius 1 is 1.23 bits per heavy atom. The van der Waals surface area contributed by atoms with E-state index in [1.165, 1.54) is 6.21 Å². The van der Waals surface area contributed by atoms with Crippen molar-refractivity contribution >= 4 is 23.7 Å². The number of hydrogen-bond acceptors (Lipinski definition) is 3. The third kappa shape index (κ3) is 5.22. The number of rotatable bonds is 5. The number of ether oxygens (including phenoxy) is 1.